The summed E-state index contributed by atoms with van der Waals surface area (Å²) < 4.78 is 5.85. The number of ether oxygens (including phenoxy) is 1. The van der Waals surface area contributed by atoms with Crippen LogP contribution in [0.2, 0.25) is 0 Å². The van der Waals surface area contributed by atoms with Crippen molar-refractivity contribution in [1.29, 1.82) is 0 Å². The molecule has 0 fully saturated rings. The van der Waals surface area contributed by atoms with Crippen molar-refractivity contribution >= 4 is 17.2 Å². The lowest BCUT2D eigenvalue weighted by molar-refractivity contribution is 0.0941. The molecule has 0 unspecified atom stereocenters. The van der Waals surface area contributed by atoms with E-state index in [-0.39, 0.29) is 11.9 Å². The fraction of sp³-hybridized carbons (Fsp3) is 0.115. The van der Waals surface area contributed by atoms with E-state index in [1.165, 1.54) is 22.5 Å². The zero-order valence-corrected chi connectivity index (χ0v) is 17.2. The molecular formula is C26H21NO2S. The molecule has 0 spiro atoms. The van der Waals surface area contributed by atoms with Crippen LogP contribution in [-0.2, 0) is 6.42 Å². The van der Waals surface area contributed by atoms with Gasteiger partial charge in [-0.15, -0.1) is 11.3 Å². The Bertz CT molecular complexity index is 1170. The number of amides is 1. The highest BCUT2D eigenvalue weighted by atomic mass is 32.1. The average Bonchev–Trinajstić information content (AvgIpc) is 3.43. The van der Waals surface area contributed by atoms with Crippen LogP contribution in [0.3, 0.4) is 0 Å². The molecule has 1 aliphatic carbocycles. The molecule has 0 bridgehead atoms. The van der Waals surface area contributed by atoms with Crippen molar-refractivity contribution in [3.8, 4) is 21.9 Å². The number of aryl methyl sites for hydroxylation is 1. The number of carbonyl (C=O) groups excluding carboxylic acids is 1. The highest BCUT2D eigenvalue weighted by Crippen LogP contribution is 2.33. The number of benzene rings is 3. The summed E-state index contributed by atoms with van der Waals surface area (Å²) in [4.78, 5) is 14.6. The quantitative estimate of drug-likeness (QED) is 0.400. The Morgan fingerprint density at radius 1 is 0.833 bits per heavy atom. The summed E-state index contributed by atoms with van der Waals surface area (Å²) in [6.45, 7) is 0. The molecule has 3 aromatic carbocycles. The maximum absolute atomic E-state index is 12.8. The van der Waals surface area contributed by atoms with E-state index in [9.17, 15) is 4.79 Å². The largest absolute Gasteiger partial charge is 0.457 e. The SMILES string of the molecule is O=C(N[C@@H]1CCc2ccccc21)c1ccc(-c2ccc(Oc3ccccc3)cc2)s1. The molecule has 4 heteroatoms. The minimum Gasteiger partial charge on any atom is -0.457 e. The summed E-state index contributed by atoms with van der Waals surface area (Å²) in [6.07, 6.45) is 1.99. The van der Waals surface area contributed by atoms with Gasteiger partial charge in [-0.2, -0.15) is 0 Å². The van der Waals surface area contributed by atoms with E-state index in [1.54, 1.807) is 0 Å². The molecule has 0 saturated heterocycles. The molecule has 1 amide bonds. The van der Waals surface area contributed by atoms with Crippen LogP contribution >= 0.6 is 11.3 Å². The van der Waals surface area contributed by atoms with Gasteiger partial charge in [-0.3, -0.25) is 4.79 Å². The molecule has 3 nitrogen and oxygen atoms in total. The number of fused-ring (bicyclic) bond motifs is 1. The third kappa shape index (κ3) is 3.87. The van der Waals surface area contributed by atoms with Crippen molar-refractivity contribution < 1.29 is 9.53 Å². The summed E-state index contributed by atoms with van der Waals surface area (Å²) in [5, 5.41) is 3.20. The van der Waals surface area contributed by atoms with Gasteiger partial charge in [0.05, 0.1) is 10.9 Å². The predicted molar refractivity (Wildman–Crippen MR) is 121 cm³/mol. The first-order valence-electron chi connectivity index (χ1n) is 10.1. The average molecular weight is 412 g/mol. The van der Waals surface area contributed by atoms with Gasteiger partial charge >= 0.3 is 0 Å². The summed E-state index contributed by atoms with van der Waals surface area (Å²) in [5.41, 5.74) is 3.66. The molecular weight excluding hydrogens is 390 g/mol. The lowest BCUT2D eigenvalue weighted by Gasteiger charge is -2.13. The van der Waals surface area contributed by atoms with E-state index in [0.29, 0.717) is 0 Å². The van der Waals surface area contributed by atoms with Gasteiger partial charge in [-0.1, -0.05) is 42.5 Å². The molecule has 0 saturated carbocycles. The number of carbonyl (C=O) groups is 1. The molecule has 1 heterocycles. The smallest absolute Gasteiger partial charge is 0.261 e. The summed E-state index contributed by atoms with van der Waals surface area (Å²) in [5.74, 6) is 1.60. The Kier molecular flexibility index (Phi) is 5.08. The minimum atomic E-state index is -0.00279. The Morgan fingerprint density at radius 2 is 1.57 bits per heavy atom. The zero-order chi connectivity index (χ0) is 20.3. The Morgan fingerprint density at radius 3 is 2.40 bits per heavy atom. The van der Waals surface area contributed by atoms with Gasteiger partial charge in [-0.05, 0) is 78.1 Å². The van der Waals surface area contributed by atoms with Gasteiger partial charge in [0.15, 0.2) is 0 Å². The highest BCUT2D eigenvalue weighted by Gasteiger charge is 2.24. The zero-order valence-electron chi connectivity index (χ0n) is 16.4. The first-order valence-corrected chi connectivity index (χ1v) is 10.9. The standard InChI is InChI=1S/C26H21NO2S/c28-26(27-23-15-12-18-6-4-5-9-22(18)23)25-17-16-24(30-25)19-10-13-21(14-11-19)29-20-7-2-1-3-8-20/h1-11,13-14,16-17,23H,12,15H2,(H,27,28)/t23-/m1/s1. The van der Waals surface area contributed by atoms with Crippen molar-refractivity contribution in [1.82, 2.24) is 5.32 Å². The first-order chi connectivity index (χ1) is 14.8. The van der Waals surface area contributed by atoms with Crippen molar-refractivity contribution in [3.63, 3.8) is 0 Å². The van der Waals surface area contributed by atoms with Crippen LogP contribution in [0.4, 0.5) is 0 Å². The number of thiophene rings is 1. The normalized spacial score (nSPS) is 14.9. The molecule has 5 rings (SSSR count). The van der Waals surface area contributed by atoms with Gasteiger partial charge in [0, 0.05) is 4.88 Å². The van der Waals surface area contributed by atoms with Gasteiger partial charge < -0.3 is 10.1 Å². The second kappa shape index (κ2) is 8.17. The molecule has 1 atom stereocenters. The van der Waals surface area contributed by atoms with Crippen molar-refractivity contribution in [2.24, 2.45) is 0 Å². The van der Waals surface area contributed by atoms with E-state index in [0.717, 1.165) is 39.7 Å². The number of para-hydroxylation sites is 1. The molecule has 30 heavy (non-hydrogen) atoms. The van der Waals surface area contributed by atoms with E-state index in [2.05, 4.69) is 23.5 Å². The summed E-state index contributed by atoms with van der Waals surface area (Å²) >= 11 is 1.52. The lowest BCUT2D eigenvalue weighted by Crippen LogP contribution is -2.26. The number of nitrogens with one attached hydrogen (secondary N) is 1. The Balaban J connectivity index is 1.27. The number of rotatable bonds is 5. The lowest BCUT2D eigenvalue weighted by atomic mass is 10.1. The van der Waals surface area contributed by atoms with Crippen LogP contribution in [0.15, 0.2) is 91.0 Å². The second-order valence-electron chi connectivity index (χ2n) is 7.37. The van der Waals surface area contributed by atoms with Crippen LogP contribution in [-0.4, -0.2) is 5.91 Å². The third-order valence-electron chi connectivity index (χ3n) is 5.39. The van der Waals surface area contributed by atoms with Crippen LogP contribution in [0.1, 0.15) is 33.3 Å². The van der Waals surface area contributed by atoms with Gasteiger partial charge in [-0.25, -0.2) is 0 Å². The van der Waals surface area contributed by atoms with Crippen LogP contribution in [0.25, 0.3) is 10.4 Å². The predicted octanol–water partition coefficient (Wildman–Crippen LogP) is 6.62. The Labute approximate surface area is 180 Å². The fourth-order valence-corrected chi connectivity index (χ4v) is 4.78. The minimum absolute atomic E-state index is 0.00279. The van der Waals surface area contributed by atoms with Crippen molar-refractivity contribution in [3.05, 3.63) is 107 Å². The van der Waals surface area contributed by atoms with Crippen molar-refractivity contribution in [2.45, 2.75) is 18.9 Å². The van der Waals surface area contributed by atoms with Crippen LogP contribution < -0.4 is 10.1 Å². The van der Waals surface area contributed by atoms with Gasteiger partial charge in [0.1, 0.15) is 11.5 Å². The van der Waals surface area contributed by atoms with E-state index < -0.39 is 0 Å². The molecule has 148 valence electrons. The maximum Gasteiger partial charge on any atom is 0.261 e. The monoisotopic (exact) mass is 411 g/mol. The first kappa shape index (κ1) is 18.6. The van der Waals surface area contributed by atoms with E-state index in [4.69, 9.17) is 4.74 Å². The summed E-state index contributed by atoms with van der Waals surface area (Å²) in [6, 6.07) is 30.1. The highest BCUT2D eigenvalue weighted by molar-refractivity contribution is 7.17. The molecule has 4 aromatic rings. The molecule has 1 N–H and O–H groups in total. The van der Waals surface area contributed by atoms with Gasteiger partial charge in [0.2, 0.25) is 0 Å². The number of hydrogen-bond acceptors (Lipinski definition) is 3. The second-order valence-corrected chi connectivity index (χ2v) is 8.45. The Hall–Kier alpha value is -3.37. The molecule has 0 radical (unpaired) electrons. The molecule has 1 aliphatic rings. The van der Waals surface area contributed by atoms with Gasteiger partial charge in [0.25, 0.3) is 5.91 Å². The molecule has 1 aromatic heterocycles. The number of hydrogen-bond donors (Lipinski definition) is 1. The molecule has 0 aliphatic heterocycles. The summed E-state index contributed by atoms with van der Waals surface area (Å²) in [7, 11) is 0. The third-order valence-corrected chi connectivity index (χ3v) is 6.52. The van der Waals surface area contributed by atoms with E-state index in [1.807, 2.05) is 72.8 Å². The fourth-order valence-electron chi connectivity index (χ4n) is 3.86. The van der Waals surface area contributed by atoms with Crippen LogP contribution in [0, 0.1) is 0 Å². The van der Waals surface area contributed by atoms with Crippen molar-refractivity contribution in [2.75, 3.05) is 0 Å². The maximum atomic E-state index is 12.8. The van der Waals surface area contributed by atoms with Crippen LogP contribution in [0.5, 0.6) is 11.5 Å². The van der Waals surface area contributed by atoms with E-state index >= 15 is 0 Å². The topological polar surface area (TPSA) is 38.3 Å².